The van der Waals surface area contributed by atoms with E-state index in [1.807, 2.05) is 27.7 Å². The highest BCUT2D eigenvalue weighted by atomic mass is 32.2. The van der Waals surface area contributed by atoms with E-state index in [-0.39, 0.29) is 29.1 Å². The second-order valence-electron chi connectivity index (χ2n) is 8.42. The van der Waals surface area contributed by atoms with Crippen molar-refractivity contribution >= 4 is 27.3 Å². The molecule has 0 saturated carbocycles. The SMILES string of the molecule is COc1ccccc1S(=O)(=O)Nc1ccc2c(c1)N(CC(C)C)C(=O)C(C)(C)CO2. The van der Waals surface area contributed by atoms with Gasteiger partial charge >= 0.3 is 0 Å². The van der Waals surface area contributed by atoms with Gasteiger partial charge in [0.15, 0.2) is 0 Å². The van der Waals surface area contributed by atoms with Gasteiger partial charge in [-0.05, 0) is 50.1 Å². The standard InChI is InChI=1S/C22H28N2O5S/c1-15(2)13-24-17-12-16(10-11-18(17)29-14-22(3,4)21(24)25)23-30(26,27)20-9-7-6-8-19(20)28-5/h6-12,15,23H,13-14H2,1-5H3. The van der Waals surface area contributed by atoms with Crippen LogP contribution in [0.2, 0.25) is 0 Å². The Bertz CT molecular complexity index is 1050. The van der Waals surface area contributed by atoms with E-state index in [2.05, 4.69) is 4.72 Å². The molecule has 0 unspecified atom stereocenters. The number of carbonyl (C=O) groups is 1. The number of carbonyl (C=O) groups excluding carboxylic acids is 1. The third-order valence-electron chi connectivity index (χ3n) is 4.82. The number of para-hydroxylation sites is 1. The van der Waals surface area contributed by atoms with Crippen molar-refractivity contribution in [3.63, 3.8) is 0 Å². The fourth-order valence-electron chi connectivity index (χ4n) is 3.31. The van der Waals surface area contributed by atoms with Gasteiger partial charge in [0.2, 0.25) is 5.91 Å². The molecule has 0 bridgehead atoms. The lowest BCUT2D eigenvalue weighted by molar-refractivity contribution is -0.127. The van der Waals surface area contributed by atoms with Crippen molar-refractivity contribution in [2.24, 2.45) is 11.3 Å². The molecule has 0 saturated heterocycles. The summed E-state index contributed by atoms with van der Waals surface area (Å²) in [5, 5.41) is 0. The molecule has 7 nitrogen and oxygen atoms in total. The van der Waals surface area contributed by atoms with Crippen LogP contribution in [0, 0.1) is 11.3 Å². The summed E-state index contributed by atoms with van der Waals surface area (Å²) in [7, 11) is -2.47. The molecule has 3 rings (SSSR count). The number of sulfonamides is 1. The first kappa shape index (κ1) is 22.0. The van der Waals surface area contributed by atoms with Crippen LogP contribution in [0.5, 0.6) is 11.5 Å². The number of amides is 1. The summed E-state index contributed by atoms with van der Waals surface area (Å²) in [5.41, 5.74) is 0.203. The first-order valence-corrected chi connectivity index (χ1v) is 11.3. The van der Waals surface area contributed by atoms with Gasteiger partial charge in [-0.2, -0.15) is 0 Å². The minimum atomic E-state index is -3.89. The number of hydrogen-bond donors (Lipinski definition) is 1. The average molecular weight is 433 g/mol. The predicted molar refractivity (Wildman–Crippen MR) is 117 cm³/mol. The van der Waals surface area contributed by atoms with Crippen LogP contribution in [0.3, 0.4) is 0 Å². The van der Waals surface area contributed by atoms with E-state index in [0.717, 1.165) is 0 Å². The van der Waals surface area contributed by atoms with Crippen molar-refractivity contribution in [2.75, 3.05) is 29.9 Å². The maximum atomic E-state index is 13.2. The van der Waals surface area contributed by atoms with Gasteiger partial charge in [0.05, 0.1) is 23.9 Å². The third kappa shape index (κ3) is 4.38. The highest BCUT2D eigenvalue weighted by molar-refractivity contribution is 7.92. The summed E-state index contributed by atoms with van der Waals surface area (Å²) in [4.78, 5) is 14.9. The number of rotatable bonds is 6. The highest BCUT2D eigenvalue weighted by Gasteiger charge is 2.38. The Morgan fingerprint density at radius 3 is 2.57 bits per heavy atom. The number of nitrogens with zero attached hydrogens (tertiary/aromatic N) is 1. The summed E-state index contributed by atoms with van der Waals surface area (Å²) < 4.78 is 39.5. The molecule has 2 aromatic carbocycles. The molecule has 30 heavy (non-hydrogen) atoms. The van der Waals surface area contributed by atoms with Crippen molar-refractivity contribution in [1.82, 2.24) is 0 Å². The molecular formula is C22H28N2O5S. The zero-order valence-corrected chi connectivity index (χ0v) is 18.7. The van der Waals surface area contributed by atoms with Crippen LogP contribution in [0.25, 0.3) is 0 Å². The molecule has 1 aliphatic heterocycles. The average Bonchev–Trinajstić information content (AvgIpc) is 2.77. The quantitative estimate of drug-likeness (QED) is 0.748. The van der Waals surface area contributed by atoms with E-state index in [9.17, 15) is 13.2 Å². The van der Waals surface area contributed by atoms with Crippen LogP contribution < -0.4 is 19.1 Å². The molecule has 0 atom stereocenters. The molecule has 0 aliphatic carbocycles. The van der Waals surface area contributed by atoms with Crippen LogP contribution in [-0.4, -0.2) is 34.6 Å². The second kappa shape index (κ2) is 8.18. The van der Waals surface area contributed by atoms with Gasteiger partial charge in [-0.3, -0.25) is 9.52 Å². The summed E-state index contributed by atoms with van der Waals surface area (Å²) in [6.07, 6.45) is 0. The van der Waals surface area contributed by atoms with Gasteiger partial charge in [-0.25, -0.2) is 8.42 Å². The van der Waals surface area contributed by atoms with Gasteiger partial charge in [0.1, 0.15) is 23.0 Å². The minimum Gasteiger partial charge on any atom is -0.495 e. The smallest absolute Gasteiger partial charge is 0.265 e. The van der Waals surface area contributed by atoms with E-state index in [1.165, 1.54) is 13.2 Å². The van der Waals surface area contributed by atoms with Gasteiger partial charge in [0, 0.05) is 6.54 Å². The van der Waals surface area contributed by atoms with Crippen LogP contribution in [-0.2, 0) is 14.8 Å². The Kier molecular flexibility index (Phi) is 5.99. The molecule has 1 amide bonds. The lowest BCUT2D eigenvalue weighted by Gasteiger charge is -2.29. The minimum absolute atomic E-state index is 0.0370. The van der Waals surface area contributed by atoms with Crippen molar-refractivity contribution in [3.8, 4) is 11.5 Å². The fourth-order valence-corrected chi connectivity index (χ4v) is 4.53. The normalized spacial score (nSPS) is 15.9. The first-order chi connectivity index (χ1) is 14.0. The number of hydrogen-bond acceptors (Lipinski definition) is 5. The zero-order chi connectivity index (χ0) is 22.1. The summed E-state index contributed by atoms with van der Waals surface area (Å²) >= 11 is 0. The van der Waals surface area contributed by atoms with Crippen molar-refractivity contribution in [2.45, 2.75) is 32.6 Å². The van der Waals surface area contributed by atoms with Gasteiger partial charge in [0.25, 0.3) is 10.0 Å². The molecule has 0 fully saturated rings. The number of methoxy groups -OCH3 is 1. The number of ether oxygens (including phenoxy) is 2. The monoisotopic (exact) mass is 432 g/mol. The predicted octanol–water partition coefficient (Wildman–Crippen LogP) is 3.90. The molecule has 0 radical (unpaired) electrons. The molecule has 0 aromatic heterocycles. The van der Waals surface area contributed by atoms with Crippen LogP contribution >= 0.6 is 0 Å². The molecule has 1 heterocycles. The Hall–Kier alpha value is -2.74. The van der Waals surface area contributed by atoms with Crippen molar-refractivity contribution < 1.29 is 22.7 Å². The molecule has 0 spiro atoms. The number of fused-ring (bicyclic) bond motifs is 1. The number of nitrogens with one attached hydrogen (secondary N) is 1. The van der Waals surface area contributed by atoms with E-state index >= 15 is 0 Å². The Morgan fingerprint density at radius 1 is 1.20 bits per heavy atom. The molecule has 162 valence electrons. The fraction of sp³-hybridized carbons (Fsp3) is 0.409. The molecule has 1 N–H and O–H groups in total. The van der Waals surface area contributed by atoms with E-state index in [1.54, 1.807) is 41.3 Å². The second-order valence-corrected chi connectivity index (χ2v) is 10.1. The Labute approximate surface area is 178 Å². The van der Waals surface area contributed by atoms with Crippen LogP contribution in [0.15, 0.2) is 47.4 Å². The lowest BCUT2D eigenvalue weighted by atomic mass is 9.92. The first-order valence-electron chi connectivity index (χ1n) is 9.80. The third-order valence-corrected chi connectivity index (χ3v) is 6.24. The molecule has 2 aromatic rings. The van der Waals surface area contributed by atoms with Crippen LogP contribution in [0.4, 0.5) is 11.4 Å². The number of anilines is 2. The maximum absolute atomic E-state index is 13.2. The Morgan fingerprint density at radius 2 is 1.90 bits per heavy atom. The maximum Gasteiger partial charge on any atom is 0.265 e. The summed E-state index contributed by atoms with van der Waals surface area (Å²) in [6.45, 7) is 8.50. The van der Waals surface area contributed by atoms with Crippen molar-refractivity contribution in [3.05, 3.63) is 42.5 Å². The molecular weight excluding hydrogens is 404 g/mol. The van der Waals surface area contributed by atoms with Crippen LogP contribution in [0.1, 0.15) is 27.7 Å². The van der Waals surface area contributed by atoms with Crippen molar-refractivity contribution in [1.29, 1.82) is 0 Å². The van der Waals surface area contributed by atoms with Gasteiger partial charge in [-0.1, -0.05) is 26.0 Å². The summed E-state index contributed by atoms with van der Waals surface area (Å²) in [5.74, 6) is 0.973. The van der Waals surface area contributed by atoms with E-state index < -0.39 is 15.4 Å². The van der Waals surface area contributed by atoms with Gasteiger partial charge < -0.3 is 14.4 Å². The highest BCUT2D eigenvalue weighted by Crippen LogP contribution is 2.39. The topological polar surface area (TPSA) is 84.9 Å². The van der Waals surface area contributed by atoms with E-state index in [4.69, 9.17) is 9.47 Å². The van der Waals surface area contributed by atoms with Gasteiger partial charge in [-0.15, -0.1) is 0 Å². The Balaban J connectivity index is 2.01. The number of benzene rings is 2. The zero-order valence-electron chi connectivity index (χ0n) is 17.9. The van der Waals surface area contributed by atoms with E-state index in [0.29, 0.717) is 23.7 Å². The largest absolute Gasteiger partial charge is 0.495 e. The summed E-state index contributed by atoms with van der Waals surface area (Å²) in [6, 6.07) is 11.4. The lowest BCUT2D eigenvalue weighted by Crippen LogP contribution is -2.43. The molecule has 8 heteroatoms. The molecule has 1 aliphatic rings.